The zero-order chi connectivity index (χ0) is 17.8. The summed E-state index contributed by atoms with van der Waals surface area (Å²) < 4.78 is 1.75. The van der Waals surface area contributed by atoms with Gasteiger partial charge in [-0.1, -0.05) is 24.3 Å². The van der Waals surface area contributed by atoms with E-state index in [1.165, 1.54) is 5.56 Å². The standard InChI is InChI=1S/C19H24N4O2/c1-14(24)23-10-8-16-5-3-4-6-17(16)18(23)11-19(25)20-9-7-15-12-21-22(2)13-15/h3-6,12-13,18H,7-11H2,1-2H3,(H,20,25). The third kappa shape index (κ3) is 4.07. The number of carbonyl (C=O) groups excluding carboxylic acids is 2. The highest BCUT2D eigenvalue weighted by Gasteiger charge is 2.30. The molecule has 3 rings (SSSR count). The van der Waals surface area contributed by atoms with E-state index in [0.29, 0.717) is 19.5 Å². The largest absolute Gasteiger partial charge is 0.356 e. The summed E-state index contributed by atoms with van der Waals surface area (Å²) in [6.45, 7) is 2.81. The number of fused-ring (bicyclic) bond motifs is 1. The van der Waals surface area contributed by atoms with Gasteiger partial charge in [0.1, 0.15) is 0 Å². The monoisotopic (exact) mass is 340 g/mol. The van der Waals surface area contributed by atoms with E-state index in [1.54, 1.807) is 17.8 Å². The number of hydrogen-bond acceptors (Lipinski definition) is 3. The summed E-state index contributed by atoms with van der Waals surface area (Å²) in [6.07, 6.45) is 5.64. The van der Waals surface area contributed by atoms with E-state index >= 15 is 0 Å². The van der Waals surface area contributed by atoms with Crippen LogP contribution in [-0.2, 0) is 29.5 Å². The first-order valence-corrected chi connectivity index (χ1v) is 8.64. The molecule has 0 bridgehead atoms. The van der Waals surface area contributed by atoms with Crippen molar-refractivity contribution >= 4 is 11.8 Å². The van der Waals surface area contributed by atoms with Crippen LogP contribution >= 0.6 is 0 Å². The summed E-state index contributed by atoms with van der Waals surface area (Å²) in [5.41, 5.74) is 3.41. The van der Waals surface area contributed by atoms with Gasteiger partial charge in [-0.05, 0) is 29.5 Å². The number of aryl methyl sites for hydroxylation is 1. The van der Waals surface area contributed by atoms with Crippen molar-refractivity contribution in [1.82, 2.24) is 20.0 Å². The number of carbonyl (C=O) groups is 2. The van der Waals surface area contributed by atoms with Gasteiger partial charge in [0.15, 0.2) is 0 Å². The minimum absolute atomic E-state index is 0.0164. The summed E-state index contributed by atoms with van der Waals surface area (Å²) >= 11 is 0. The predicted molar refractivity (Wildman–Crippen MR) is 94.8 cm³/mol. The summed E-state index contributed by atoms with van der Waals surface area (Å²) in [6, 6.07) is 7.90. The highest BCUT2D eigenvalue weighted by molar-refractivity contribution is 5.79. The summed E-state index contributed by atoms with van der Waals surface area (Å²) in [5.74, 6) is -0.0143. The molecule has 0 saturated heterocycles. The van der Waals surface area contributed by atoms with Crippen LogP contribution in [0.25, 0.3) is 0 Å². The van der Waals surface area contributed by atoms with Crippen LogP contribution < -0.4 is 5.32 Å². The Balaban J connectivity index is 1.62. The number of nitrogens with zero attached hydrogens (tertiary/aromatic N) is 3. The van der Waals surface area contributed by atoms with Crippen molar-refractivity contribution in [1.29, 1.82) is 0 Å². The van der Waals surface area contributed by atoms with E-state index in [1.807, 2.05) is 36.3 Å². The van der Waals surface area contributed by atoms with Gasteiger partial charge in [-0.25, -0.2) is 0 Å². The first-order chi connectivity index (χ1) is 12.0. The Kier molecular flexibility index (Phi) is 5.16. The quantitative estimate of drug-likeness (QED) is 0.899. The predicted octanol–water partition coefficient (Wildman–Crippen LogP) is 1.61. The van der Waals surface area contributed by atoms with Crippen LogP contribution in [0.3, 0.4) is 0 Å². The molecule has 2 heterocycles. The molecular weight excluding hydrogens is 316 g/mol. The zero-order valence-electron chi connectivity index (χ0n) is 14.7. The molecule has 0 radical (unpaired) electrons. The van der Waals surface area contributed by atoms with Gasteiger partial charge in [0.2, 0.25) is 11.8 Å². The van der Waals surface area contributed by atoms with Crippen LogP contribution in [0.5, 0.6) is 0 Å². The molecule has 1 N–H and O–H groups in total. The first kappa shape index (κ1) is 17.2. The van der Waals surface area contributed by atoms with Gasteiger partial charge >= 0.3 is 0 Å². The Bertz CT molecular complexity index is 768. The highest BCUT2D eigenvalue weighted by atomic mass is 16.2. The van der Waals surface area contributed by atoms with Crippen LogP contribution in [0.15, 0.2) is 36.7 Å². The second kappa shape index (κ2) is 7.51. The molecule has 6 nitrogen and oxygen atoms in total. The van der Waals surface area contributed by atoms with Gasteiger partial charge in [0.25, 0.3) is 0 Å². The number of aromatic nitrogens is 2. The zero-order valence-corrected chi connectivity index (χ0v) is 14.7. The molecule has 1 atom stereocenters. The van der Waals surface area contributed by atoms with E-state index in [0.717, 1.165) is 24.0 Å². The molecule has 132 valence electrons. The molecule has 0 aliphatic carbocycles. The van der Waals surface area contributed by atoms with Gasteiger partial charge in [-0.3, -0.25) is 14.3 Å². The molecule has 1 aromatic heterocycles. The lowest BCUT2D eigenvalue weighted by atomic mass is 9.90. The van der Waals surface area contributed by atoms with Crippen molar-refractivity contribution in [3.05, 3.63) is 53.3 Å². The lowest BCUT2D eigenvalue weighted by molar-refractivity contribution is -0.133. The summed E-state index contributed by atoms with van der Waals surface area (Å²) in [7, 11) is 1.87. The highest BCUT2D eigenvalue weighted by Crippen LogP contribution is 2.32. The van der Waals surface area contributed by atoms with Gasteiger partial charge in [0, 0.05) is 33.3 Å². The molecule has 6 heteroatoms. The number of rotatable bonds is 5. The fourth-order valence-electron chi connectivity index (χ4n) is 3.44. The van der Waals surface area contributed by atoms with Crippen LogP contribution in [0.2, 0.25) is 0 Å². The van der Waals surface area contributed by atoms with Crippen LogP contribution in [0.4, 0.5) is 0 Å². The first-order valence-electron chi connectivity index (χ1n) is 8.64. The maximum absolute atomic E-state index is 12.4. The Hall–Kier alpha value is -2.63. The maximum atomic E-state index is 12.4. The molecule has 2 amide bonds. The van der Waals surface area contributed by atoms with Crippen molar-refractivity contribution < 1.29 is 9.59 Å². The molecular formula is C19H24N4O2. The number of nitrogens with one attached hydrogen (secondary N) is 1. The van der Waals surface area contributed by atoms with Crippen molar-refractivity contribution in [3.63, 3.8) is 0 Å². The summed E-state index contributed by atoms with van der Waals surface area (Å²) in [4.78, 5) is 26.2. The average Bonchev–Trinajstić information content (AvgIpc) is 3.00. The minimum Gasteiger partial charge on any atom is -0.356 e. The second-order valence-corrected chi connectivity index (χ2v) is 6.50. The van der Waals surface area contributed by atoms with Crippen molar-refractivity contribution in [2.75, 3.05) is 13.1 Å². The molecule has 1 aliphatic rings. The summed E-state index contributed by atoms with van der Waals surface area (Å²) in [5, 5.41) is 7.09. The van der Waals surface area contributed by atoms with Gasteiger partial charge in [-0.15, -0.1) is 0 Å². The van der Waals surface area contributed by atoms with Crippen molar-refractivity contribution in [2.45, 2.75) is 32.2 Å². The number of benzene rings is 1. The van der Waals surface area contributed by atoms with E-state index in [9.17, 15) is 9.59 Å². The maximum Gasteiger partial charge on any atom is 0.222 e. The van der Waals surface area contributed by atoms with Crippen molar-refractivity contribution in [3.8, 4) is 0 Å². The van der Waals surface area contributed by atoms with E-state index in [4.69, 9.17) is 0 Å². The van der Waals surface area contributed by atoms with Gasteiger partial charge in [0.05, 0.1) is 18.7 Å². The second-order valence-electron chi connectivity index (χ2n) is 6.50. The van der Waals surface area contributed by atoms with E-state index < -0.39 is 0 Å². The Morgan fingerprint density at radius 1 is 1.32 bits per heavy atom. The van der Waals surface area contributed by atoms with Crippen LogP contribution in [0.1, 0.15) is 36.1 Å². The van der Waals surface area contributed by atoms with E-state index in [2.05, 4.69) is 16.5 Å². The minimum atomic E-state index is -0.180. The normalized spacial score (nSPS) is 16.4. The fraction of sp³-hybridized carbons (Fsp3) is 0.421. The third-order valence-corrected chi connectivity index (χ3v) is 4.69. The molecule has 0 fully saturated rings. The smallest absolute Gasteiger partial charge is 0.222 e. The van der Waals surface area contributed by atoms with Crippen molar-refractivity contribution in [2.24, 2.45) is 7.05 Å². The molecule has 0 spiro atoms. The number of amides is 2. The van der Waals surface area contributed by atoms with Gasteiger partial charge in [-0.2, -0.15) is 5.10 Å². The van der Waals surface area contributed by atoms with Crippen LogP contribution in [-0.4, -0.2) is 39.6 Å². The van der Waals surface area contributed by atoms with Gasteiger partial charge < -0.3 is 10.2 Å². The topological polar surface area (TPSA) is 67.2 Å². The Labute approximate surface area is 147 Å². The third-order valence-electron chi connectivity index (χ3n) is 4.69. The molecule has 0 saturated carbocycles. The van der Waals surface area contributed by atoms with Crippen LogP contribution in [0, 0.1) is 0 Å². The molecule has 1 aliphatic heterocycles. The SMILES string of the molecule is CC(=O)N1CCc2ccccc2C1CC(=O)NCCc1cnn(C)c1. The lowest BCUT2D eigenvalue weighted by Crippen LogP contribution is -2.41. The molecule has 1 aromatic carbocycles. The Morgan fingerprint density at radius 3 is 2.84 bits per heavy atom. The number of hydrogen-bond donors (Lipinski definition) is 1. The Morgan fingerprint density at radius 2 is 2.12 bits per heavy atom. The average molecular weight is 340 g/mol. The fourth-order valence-corrected chi connectivity index (χ4v) is 3.44. The van der Waals surface area contributed by atoms with E-state index in [-0.39, 0.29) is 17.9 Å². The molecule has 25 heavy (non-hydrogen) atoms. The molecule has 2 aromatic rings. The molecule has 1 unspecified atom stereocenters. The lowest BCUT2D eigenvalue weighted by Gasteiger charge is -2.36.